The molecule has 0 aromatic heterocycles. The fourth-order valence-corrected chi connectivity index (χ4v) is 1.67. The first-order chi connectivity index (χ1) is 8.44. The Hall–Kier alpha value is -1.62. The molecule has 0 saturated heterocycles. The van der Waals surface area contributed by atoms with Gasteiger partial charge in [0.1, 0.15) is 5.75 Å². The predicted octanol–water partition coefficient (Wildman–Crippen LogP) is 1.88. The zero-order valence-electron chi connectivity index (χ0n) is 10.8. The molecule has 1 aromatic rings. The van der Waals surface area contributed by atoms with Crippen molar-refractivity contribution in [3.05, 3.63) is 29.8 Å². The van der Waals surface area contributed by atoms with Gasteiger partial charge in [-0.3, -0.25) is 4.79 Å². The smallest absolute Gasteiger partial charge is 0.255 e. The number of benzene rings is 1. The molecule has 98 valence electrons. The lowest BCUT2D eigenvalue weighted by atomic mass is 9.98. The zero-order chi connectivity index (χ0) is 13.8. The highest BCUT2D eigenvalue weighted by Gasteiger charge is 2.28. The summed E-state index contributed by atoms with van der Waals surface area (Å²) in [5, 5.41) is 2.85. The first-order valence-corrected chi connectivity index (χ1v) is 6.11. The number of nitrogens with two attached hydrogens (primary N) is 1. The van der Waals surface area contributed by atoms with Crippen molar-refractivity contribution < 1.29 is 9.53 Å². The van der Waals surface area contributed by atoms with Crippen molar-refractivity contribution >= 4 is 23.1 Å². The lowest BCUT2D eigenvalue weighted by molar-refractivity contribution is 0.0923. The molecule has 0 fully saturated rings. The topological polar surface area (TPSA) is 64.3 Å². The summed E-state index contributed by atoms with van der Waals surface area (Å²) in [7, 11) is 1.53. The second-order valence-electron chi connectivity index (χ2n) is 4.20. The largest absolute Gasteiger partial charge is 0.496 e. The van der Waals surface area contributed by atoms with E-state index in [9.17, 15) is 4.79 Å². The van der Waals surface area contributed by atoms with E-state index in [1.165, 1.54) is 7.11 Å². The molecule has 0 aliphatic rings. The lowest BCUT2D eigenvalue weighted by Gasteiger charge is -2.28. The van der Waals surface area contributed by atoms with E-state index in [2.05, 4.69) is 5.32 Å². The molecule has 18 heavy (non-hydrogen) atoms. The molecule has 5 heteroatoms. The number of rotatable bonds is 5. The van der Waals surface area contributed by atoms with Gasteiger partial charge >= 0.3 is 0 Å². The van der Waals surface area contributed by atoms with E-state index in [1.807, 2.05) is 19.9 Å². The van der Waals surface area contributed by atoms with Gasteiger partial charge in [0.15, 0.2) is 0 Å². The summed E-state index contributed by atoms with van der Waals surface area (Å²) in [6.45, 7) is 3.73. The van der Waals surface area contributed by atoms with Crippen LogP contribution in [-0.2, 0) is 0 Å². The third-order valence-corrected chi connectivity index (χ3v) is 3.44. The number of methoxy groups -OCH3 is 1. The van der Waals surface area contributed by atoms with Crippen LogP contribution in [0.1, 0.15) is 30.6 Å². The molecule has 1 amide bonds. The Kier molecular flexibility index (Phi) is 4.67. The first kappa shape index (κ1) is 14.4. The molecule has 1 rings (SSSR count). The number of carbonyl (C=O) groups is 1. The van der Waals surface area contributed by atoms with Crippen LogP contribution in [0.4, 0.5) is 0 Å². The molecule has 3 N–H and O–H groups in total. The van der Waals surface area contributed by atoms with Gasteiger partial charge < -0.3 is 15.8 Å². The lowest BCUT2D eigenvalue weighted by Crippen LogP contribution is -2.54. The Morgan fingerprint density at radius 2 is 2.11 bits per heavy atom. The Morgan fingerprint density at radius 1 is 1.50 bits per heavy atom. The van der Waals surface area contributed by atoms with Gasteiger partial charge in [0.25, 0.3) is 5.91 Å². The quantitative estimate of drug-likeness (QED) is 0.799. The average Bonchev–Trinajstić information content (AvgIpc) is 2.38. The number of thiocarbonyl (C=S) groups is 1. The summed E-state index contributed by atoms with van der Waals surface area (Å²) in [6.07, 6.45) is 0.628. The normalized spacial score (nSPS) is 13.5. The summed E-state index contributed by atoms with van der Waals surface area (Å²) in [6, 6.07) is 7.02. The summed E-state index contributed by atoms with van der Waals surface area (Å²) < 4.78 is 5.15. The monoisotopic (exact) mass is 266 g/mol. The third kappa shape index (κ3) is 2.98. The van der Waals surface area contributed by atoms with Gasteiger partial charge in [-0.1, -0.05) is 31.3 Å². The molecule has 0 saturated carbocycles. The summed E-state index contributed by atoms with van der Waals surface area (Å²) in [5.74, 6) is 0.279. The van der Waals surface area contributed by atoms with Crippen LogP contribution in [0, 0.1) is 0 Å². The van der Waals surface area contributed by atoms with Crippen LogP contribution < -0.4 is 15.8 Å². The van der Waals surface area contributed by atoms with Crippen molar-refractivity contribution in [1.82, 2.24) is 5.32 Å². The van der Waals surface area contributed by atoms with E-state index in [1.54, 1.807) is 18.2 Å². The van der Waals surface area contributed by atoms with Gasteiger partial charge in [-0.05, 0) is 25.5 Å². The van der Waals surface area contributed by atoms with E-state index in [-0.39, 0.29) is 10.9 Å². The number of para-hydroxylation sites is 1. The minimum absolute atomic E-state index is 0.246. The molecule has 0 aliphatic carbocycles. The van der Waals surface area contributed by atoms with Crippen LogP contribution in [0.5, 0.6) is 5.75 Å². The van der Waals surface area contributed by atoms with Gasteiger partial charge in [-0.15, -0.1) is 0 Å². The molecular weight excluding hydrogens is 248 g/mol. The maximum absolute atomic E-state index is 12.2. The molecular formula is C13H18N2O2S. The summed E-state index contributed by atoms with van der Waals surface area (Å²) >= 11 is 4.99. The van der Waals surface area contributed by atoms with Gasteiger partial charge in [0, 0.05) is 0 Å². The van der Waals surface area contributed by atoms with Crippen LogP contribution in [0.3, 0.4) is 0 Å². The molecule has 1 atom stereocenters. The Morgan fingerprint density at radius 3 is 2.61 bits per heavy atom. The van der Waals surface area contributed by atoms with Crippen LogP contribution >= 0.6 is 12.2 Å². The van der Waals surface area contributed by atoms with Gasteiger partial charge in [0.05, 0.1) is 23.2 Å². The highest BCUT2D eigenvalue weighted by Crippen LogP contribution is 2.19. The third-order valence-electron chi connectivity index (χ3n) is 2.99. The molecule has 1 aromatic carbocycles. The van der Waals surface area contributed by atoms with Crippen molar-refractivity contribution in [3.8, 4) is 5.75 Å². The Labute approximate surface area is 113 Å². The minimum Gasteiger partial charge on any atom is -0.496 e. The van der Waals surface area contributed by atoms with Crippen LogP contribution in [0.2, 0.25) is 0 Å². The van der Waals surface area contributed by atoms with E-state index in [4.69, 9.17) is 22.7 Å². The van der Waals surface area contributed by atoms with Gasteiger partial charge in [-0.25, -0.2) is 0 Å². The van der Waals surface area contributed by atoms with E-state index in [0.29, 0.717) is 17.7 Å². The second kappa shape index (κ2) is 5.82. The predicted molar refractivity (Wildman–Crippen MR) is 75.9 cm³/mol. The number of nitrogens with one attached hydrogen (secondary N) is 1. The number of amides is 1. The number of ether oxygens (including phenoxy) is 1. The maximum atomic E-state index is 12.2. The number of carbonyl (C=O) groups excluding carboxylic acids is 1. The average molecular weight is 266 g/mol. The maximum Gasteiger partial charge on any atom is 0.255 e. The standard InChI is InChI=1S/C13H18N2O2S/c1-4-13(2,12(14)18)15-11(16)9-7-5-6-8-10(9)17-3/h5-8H,4H2,1-3H3,(H2,14,18)(H,15,16). The molecule has 0 spiro atoms. The van der Waals surface area contributed by atoms with E-state index >= 15 is 0 Å². The zero-order valence-corrected chi connectivity index (χ0v) is 11.6. The highest BCUT2D eigenvalue weighted by molar-refractivity contribution is 7.80. The molecule has 0 bridgehead atoms. The Balaban J connectivity index is 2.98. The van der Waals surface area contributed by atoms with Crippen molar-refractivity contribution in [2.75, 3.05) is 7.11 Å². The summed E-state index contributed by atoms with van der Waals surface area (Å²) in [5.41, 5.74) is 5.45. The van der Waals surface area contributed by atoms with E-state index < -0.39 is 5.54 Å². The second-order valence-corrected chi connectivity index (χ2v) is 4.64. The fraction of sp³-hybridized carbons (Fsp3) is 0.385. The minimum atomic E-state index is -0.687. The molecule has 0 heterocycles. The Bertz CT molecular complexity index is 462. The van der Waals surface area contributed by atoms with Crippen molar-refractivity contribution in [1.29, 1.82) is 0 Å². The van der Waals surface area contributed by atoms with E-state index in [0.717, 1.165) is 0 Å². The van der Waals surface area contributed by atoms with Crippen molar-refractivity contribution in [2.45, 2.75) is 25.8 Å². The first-order valence-electron chi connectivity index (χ1n) is 5.70. The van der Waals surface area contributed by atoms with Crippen molar-refractivity contribution in [3.63, 3.8) is 0 Å². The van der Waals surface area contributed by atoms with Crippen molar-refractivity contribution in [2.24, 2.45) is 5.73 Å². The molecule has 0 radical (unpaired) electrons. The fourth-order valence-electron chi connectivity index (χ4n) is 1.47. The summed E-state index contributed by atoms with van der Waals surface area (Å²) in [4.78, 5) is 12.5. The number of hydrogen-bond acceptors (Lipinski definition) is 3. The number of hydrogen-bond donors (Lipinski definition) is 2. The van der Waals surface area contributed by atoms with Crippen LogP contribution in [0.15, 0.2) is 24.3 Å². The van der Waals surface area contributed by atoms with Crippen LogP contribution in [0.25, 0.3) is 0 Å². The van der Waals surface area contributed by atoms with Gasteiger partial charge in [0.2, 0.25) is 0 Å². The molecule has 0 aliphatic heterocycles. The SMILES string of the molecule is CCC(C)(NC(=O)c1ccccc1OC)C(N)=S. The van der Waals surface area contributed by atoms with Gasteiger partial charge in [-0.2, -0.15) is 0 Å². The van der Waals surface area contributed by atoms with Crippen LogP contribution in [-0.4, -0.2) is 23.5 Å². The molecule has 1 unspecified atom stereocenters. The molecule has 4 nitrogen and oxygen atoms in total. The highest BCUT2D eigenvalue weighted by atomic mass is 32.1.